The van der Waals surface area contributed by atoms with Gasteiger partial charge in [-0.25, -0.2) is 4.79 Å². The van der Waals surface area contributed by atoms with Gasteiger partial charge in [0.2, 0.25) is 0 Å². The third-order valence-corrected chi connectivity index (χ3v) is 3.63. The first-order valence-electron chi connectivity index (χ1n) is 6.98. The molecule has 1 N–H and O–H groups in total. The average Bonchev–Trinajstić information content (AvgIpc) is 2.44. The van der Waals surface area contributed by atoms with E-state index in [-0.39, 0.29) is 0 Å². The van der Waals surface area contributed by atoms with Crippen molar-refractivity contribution in [1.82, 2.24) is 0 Å². The summed E-state index contributed by atoms with van der Waals surface area (Å²) in [5.41, 5.74) is 4.26. The Morgan fingerprint density at radius 1 is 1.05 bits per heavy atom. The molecule has 0 aliphatic heterocycles. The van der Waals surface area contributed by atoms with E-state index in [2.05, 4.69) is 0 Å². The van der Waals surface area contributed by atoms with Crippen molar-refractivity contribution in [1.29, 1.82) is 0 Å². The van der Waals surface area contributed by atoms with Crippen LogP contribution in [-0.2, 0) is 11.2 Å². The molecule has 0 saturated carbocycles. The second-order valence-corrected chi connectivity index (χ2v) is 5.33. The number of carboxylic acids is 1. The summed E-state index contributed by atoms with van der Waals surface area (Å²) in [6.45, 7) is 5.97. The summed E-state index contributed by atoms with van der Waals surface area (Å²) >= 11 is 0. The smallest absolute Gasteiger partial charge is 0.345 e. The number of hydrogen-bond acceptors (Lipinski definition) is 2. The van der Waals surface area contributed by atoms with Gasteiger partial charge < -0.3 is 9.84 Å². The van der Waals surface area contributed by atoms with Crippen molar-refractivity contribution >= 4 is 5.97 Å². The number of ether oxygens (including phenoxy) is 1. The number of aryl methyl sites for hydroxylation is 3. The Hall–Kier alpha value is -2.29. The van der Waals surface area contributed by atoms with E-state index in [1.54, 1.807) is 6.07 Å². The summed E-state index contributed by atoms with van der Waals surface area (Å²) in [6.07, 6.45) is -0.529. The predicted molar refractivity (Wildman–Crippen MR) is 82.9 cm³/mol. The van der Waals surface area contributed by atoms with E-state index in [9.17, 15) is 9.90 Å². The lowest BCUT2D eigenvalue weighted by Gasteiger charge is -2.17. The minimum atomic E-state index is -0.948. The Kier molecular flexibility index (Phi) is 4.63. The molecule has 1 atom stereocenters. The van der Waals surface area contributed by atoms with Crippen LogP contribution in [0.5, 0.6) is 5.75 Å². The van der Waals surface area contributed by atoms with Crippen LogP contribution in [0.4, 0.5) is 0 Å². The Bertz CT molecular complexity index is 647. The van der Waals surface area contributed by atoms with Crippen LogP contribution in [0.25, 0.3) is 0 Å². The van der Waals surface area contributed by atoms with Crippen LogP contribution in [-0.4, -0.2) is 17.2 Å². The van der Waals surface area contributed by atoms with Gasteiger partial charge in [0.05, 0.1) is 0 Å². The predicted octanol–water partition coefficient (Wildman–Crippen LogP) is 3.69. The quantitative estimate of drug-likeness (QED) is 0.911. The lowest BCUT2D eigenvalue weighted by Crippen LogP contribution is -2.29. The fourth-order valence-electron chi connectivity index (χ4n) is 2.17. The topological polar surface area (TPSA) is 46.5 Å². The molecule has 1 unspecified atom stereocenters. The van der Waals surface area contributed by atoms with Gasteiger partial charge in [0.15, 0.2) is 6.10 Å². The van der Waals surface area contributed by atoms with Crippen molar-refractivity contribution in [3.8, 4) is 5.75 Å². The molecule has 0 spiro atoms. The van der Waals surface area contributed by atoms with Gasteiger partial charge in [-0.3, -0.25) is 0 Å². The largest absolute Gasteiger partial charge is 0.478 e. The van der Waals surface area contributed by atoms with Gasteiger partial charge in [0, 0.05) is 6.42 Å². The van der Waals surface area contributed by atoms with Crippen molar-refractivity contribution < 1.29 is 14.6 Å². The number of carboxylic acid groups (broad SMARTS) is 1. The van der Waals surface area contributed by atoms with E-state index < -0.39 is 12.1 Å². The highest BCUT2D eigenvalue weighted by Gasteiger charge is 2.20. The summed E-state index contributed by atoms with van der Waals surface area (Å²) in [5, 5.41) is 9.39. The number of carbonyl (C=O) groups is 1. The molecule has 2 aromatic rings. The van der Waals surface area contributed by atoms with Crippen LogP contribution in [0.3, 0.4) is 0 Å². The molecule has 3 nitrogen and oxygen atoms in total. The molecule has 0 aromatic heterocycles. The Morgan fingerprint density at radius 3 is 2.38 bits per heavy atom. The molecule has 21 heavy (non-hydrogen) atoms. The average molecular weight is 284 g/mol. The van der Waals surface area contributed by atoms with Gasteiger partial charge in [0.1, 0.15) is 5.75 Å². The Balaban J connectivity index is 2.18. The van der Waals surface area contributed by atoms with E-state index in [1.165, 1.54) is 5.56 Å². The molecule has 0 bridgehead atoms. The van der Waals surface area contributed by atoms with Crippen molar-refractivity contribution in [3.05, 3.63) is 64.7 Å². The van der Waals surface area contributed by atoms with Crippen molar-refractivity contribution in [3.63, 3.8) is 0 Å². The summed E-state index contributed by atoms with van der Waals surface area (Å²) in [6, 6.07) is 13.4. The maximum atomic E-state index is 11.4. The van der Waals surface area contributed by atoms with Gasteiger partial charge in [0.25, 0.3) is 0 Å². The molecule has 2 aromatic carbocycles. The Labute approximate surface area is 125 Å². The first-order chi connectivity index (χ1) is 9.97. The zero-order valence-corrected chi connectivity index (χ0v) is 12.6. The minimum absolute atomic E-state index is 0.352. The molecule has 2 rings (SSSR count). The van der Waals surface area contributed by atoms with E-state index in [4.69, 9.17) is 4.74 Å². The zero-order chi connectivity index (χ0) is 15.4. The Morgan fingerprint density at radius 2 is 1.76 bits per heavy atom. The van der Waals surface area contributed by atoms with E-state index in [0.717, 1.165) is 16.7 Å². The van der Waals surface area contributed by atoms with Crippen molar-refractivity contribution in [2.45, 2.75) is 33.3 Å². The molecular formula is C18H20O3. The molecule has 0 saturated heterocycles. The summed E-state index contributed by atoms with van der Waals surface area (Å²) in [5.74, 6) is -0.329. The maximum absolute atomic E-state index is 11.4. The first kappa shape index (κ1) is 15.1. The number of aliphatic carboxylic acids is 1. The van der Waals surface area contributed by atoms with Crippen LogP contribution in [0.2, 0.25) is 0 Å². The van der Waals surface area contributed by atoms with E-state index in [1.807, 2.05) is 57.2 Å². The molecule has 3 heteroatoms. The van der Waals surface area contributed by atoms with Crippen molar-refractivity contribution in [2.75, 3.05) is 0 Å². The lowest BCUT2D eigenvalue weighted by atomic mass is 10.0. The molecule has 0 radical (unpaired) electrons. The second kappa shape index (κ2) is 6.44. The third-order valence-electron chi connectivity index (χ3n) is 3.63. The fraction of sp³-hybridized carbons (Fsp3) is 0.278. The fourth-order valence-corrected chi connectivity index (χ4v) is 2.17. The number of hydrogen-bond donors (Lipinski definition) is 1. The molecule has 110 valence electrons. The molecule has 0 aliphatic rings. The van der Waals surface area contributed by atoms with Gasteiger partial charge in [-0.2, -0.15) is 0 Å². The molecular weight excluding hydrogens is 264 g/mol. The highest BCUT2D eigenvalue weighted by molar-refractivity contribution is 5.73. The first-order valence-corrected chi connectivity index (χ1v) is 6.98. The monoisotopic (exact) mass is 284 g/mol. The SMILES string of the molecule is Cc1ccc(CC(Oc2ccccc2C)C(=O)O)cc1C. The maximum Gasteiger partial charge on any atom is 0.345 e. The van der Waals surface area contributed by atoms with Crippen LogP contribution < -0.4 is 4.74 Å². The summed E-state index contributed by atoms with van der Waals surface area (Å²) in [7, 11) is 0. The number of rotatable bonds is 5. The van der Waals surface area contributed by atoms with Crippen LogP contribution in [0.1, 0.15) is 22.3 Å². The van der Waals surface area contributed by atoms with Crippen LogP contribution in [0, 0.1) is 20.8 Å². The lowest BCUT2D eigenvalue weighted by molar-refractivity contribution is -0.145. The van der Waals surface area contributed by atoms with Crippen LogP contribution >= 0.6 is 0 Å². The highest BCUT2D eigenvalue weighted by Crippen LogP contribution is 2.20. The second-order valence-electron chi connectivity index (χ2n) is 5.33. The molecule has 0 heterocycles. The molecule has 0 aliphatic carbocycles. The van der Waals surface area contributed by atoms with Crippen LogP contribution in [0.15, 0.2) is 42.5 Å². The molecule has 0 fully saturated rings. The van der Waals surface area contributed by atoms with Gasteiger partial charge >= 0.3 is 5.97 Å². The van der Waals surface area contributed by atoms with E-state index >= 15 is 0 Å². The van der Waals surface area contributed by atoms with Gasteiger partial charge in [-0.15, -0.1) is 0 Å². The summed E-state index contributed by atoms with van der Waals surface area (Å²) < 4.78 is 5.68. The van der Waals surface area contributed by atoms with Gasteiger partial charge in [-0.05, 0) is 49.1 Å². The third kappa shape index (κ3) is 3.85. The van der Waals surface area contributed by atoms with Crippen molar-refractivity contribution in [2.24, 2.45) is 0 Å². The minimum Gasteiger partial charge on any atom is -0.478 e. The standard InChI is InChI=1S/C18H20O3/c1-12-8-9-15(10-14(12)3)11-17(18(19)20)21-16-7-5-4-6-13(16)2/h4-10,17H,11H2,1-3H3,(H,19,20). The highest BCUT2D eigenvalue weighted by atomic mass is 16.5. The number of para-hydroxylation sites is 1. The van der Waals surface area contributed by atoms with E-state index in [0.29, 0.717) is 12.2 Å². The molecule has 0 amide bonds. The van der Waals surface area contributed by atoms with Gasteiger partial charge in [-0.1, -0.05) is 36.4 Å². The summed E-state index contributed by atoms with van der Waals surface area (Å²) in [4.78, 5) is 11.4. The normalized spacial score (nSPS) is 12.0. The zero-order valence-electron chi connectivity index (χ0n) is 12.6. The number of benzene rings is 2.